The lowest BCUT2D eigenvalue weighted by atomic mass is 10.2. The normalized spacial score (nSPS) is 14.0. The molecule has 0 saturated heterocycles. The number of primary amides is 1. The van der Waals surface area contributed by atoms with Gasteiger partial charge in [0, 0.05) is 0 Å². The van der Waals surface area contributed by atoms with Crippen LogP contribution in [0.15, 0.2) is 0 Å². The van der Waals surface area contributed by atoms with E-state index in [1.165, 1.54) is 13.8 Å². The van der Waals surface area contributed by atoms with Crippen molar-refractivity contribution < 1.29 is 29.1 Å². The highest BCUT2D eigenvalue weighted by Gasteiger charge is 2.22. The van der Waals surface area contributed by atoms with Crippen LogP contribution in [0, 0.1) is 0 Å². The summed E-state index contributed by atoms with van der Waals surface area (Å²) in [6.07, 6.45) is -0.365. The van der Waals surface area contributed by atoms with Crippen molar-refractivity contribution in [2.75, 3.05) is 6.54 Å². The Morgan fingerprint density at radius 1 is 1.00 bits per heavy atom. The van der Waals surface area contributed by atoms with E-state index >= 15 is 0 Å². The van der Waals surface area contributed by atoms with Gasteiger partial charge in [-0.05, 0) is 13.8 Å². The third kappa shape index (κ3) is 8.36. The number of carboxylic acid groups (broad SMARTS) is 1. The number of amides is 4. The van der Waals surface area contributed by atoms with Gasteiger partial charge < -0.3 is 32.5 Å². The molecule has 8 N–H and O–H groups in total. The number of carboxylic acids is 1. The standard InChI is InChI=1S/C12H21N5O6/c1-5(17-11(21)7(13)3-8(14)18)10(20)15-4-9(19)16-6(2)12(22)23/h5-7H,3-4,13H2,1-2H3,(H2,14,18)(H,15,20)(H,16,19)(H,17,21)(H,22,23)/t5-,6-,7-/m0/s1. The Kier molecular flexibility index (Phi) is 8.26. The van der Waals surface area contributed by atoms with Gasteiger partial charge in [0.15, 0.2) is 0 Å². The number of aliphatic carboxylic acids is 1. The summed E-state index contributed by atoms with van der Waals surface area (Å²) in [5.74, 6) is -4.09. The molecular formula is C12H21N5O6. The fraction of sp³-hybridized carbons (Fsp3) is 0.583. The predicted octanol–water partition coefficient (Wildman–Crippen LogP) is -3.60. The number of nitrogens with two attached hydrogens (primary N) is 2. The molecule has 11 nitrogen and oxygen atoms in total. The van der Waals surface area contributed by atoms with E-state index in [0.717, 1.165) is 0 Å². The van der Waals surface area contributed by atoms with Crippen molar-refractivity contribution in [3.63, 3.8) is 0 Å². The Hall–Kier alpha value is -2.69. The van der Waals surface area contributed by atoms with Gasteiger partial charge in [-0.3, -0.25) is 24.0 Å². The van der Waals surface area contributed by atoms with Crippen molar-refractivity contribution in [2.24, 2.45) is 11.5 Å². The Balaban J connectivity index is 4.25. The highest BCUT2D eigenvalue weighted by atomic mass is 16.4. The summed E-state index contributed by atoms with van der Waals surface area (Å²) in [4.78, 5) is 55.9. The molecule has 0 radical (unpaired) electrons. The molecule has 130 valence electrons. The molecule has 0 aromatic heterocycles. The second-order valence-corrected chi connectivity index (χ2v) is 4.85. The fourth-order valence-electron chi connectivity index (χ4n) is 1.37. The molecule has 0 spiro atoms. The van der Waals surface area contributed by atoms with E-state index in [4.69, 9.17) is 16.6 Å². The smallest absolute Gasteiger partial charge is 0.325 e. The highest BCUT2D eigenvalue weighted by Crippen LogP contribution is 1.90. The molecule has 4 amide bonds. The molecule has 0 rings (SSSR count). The van der Waals surface area contributed by atoms with E-state index in [1.54, 1.807) is 0 Å². The number of nitrogens with one attached hydrogen (secondary N) is 3. The van der Waals surface area contributed by atoms with Crippen LogP contribution in [0.3, 0.4) is 0 Å². The van der Waals surface area contributed by atoms with Crippen molar-refractivity contribution in [3.8, 4) is 0 Å². The summed E-state index contributed by atoms with van der Waals surface area (Å²) in [7, 11) is 0. The third-order valence-electron chi connectivity index (χ3n) is 2.68. The number of rotatable bonds is 9. The average Bonchev–Trinajstić information content (AvgIpc) is 2.43. The van der Waals surface area contributed by atoms with Gasteiger partial charge in [0.05, 0.1) is 19.0 Å². The summed E-state index contributed by atoms with van der Waals surface area (Å²) in [6.45, 7) is 2.16. The SMILES string of the molecule is C[C@H](NC(=O)CNC(=O)[C@H](C)NC(=O)[C@@H](N)CC(N)=O)C(=O)O. The number of hydrogen-bond donors (Lipinski definition) is 6. The summed E-state index contributed by atoms with van der Waals surface area (Å²) in [6, 6.07) is -3.28. The van der Waals surface area contributed by atoms with Gasteiger partial charge in [-0.25, -0.2) is 0 Å². The second-order valence-electron chi connectivity index (χ2n) is 4.85. The van der Waals surface area contributed by atoms with Gasteiger partial charge in [-0.1, -0.05) is 0 Å². The van der Waals surface area contributed by atoms with Crippen molar-refractivity contribution in [1.29, 1.82) is 0 Å². The van der Waals surface area contributed by atoms with Crippen molar-refractivity contribution in [1.82, 2.24) is 16.0 Å². The van der Waals surface area contributed by atoms with Gasteiger partial charge in [0.2, 0.25) is 23.6 Å². The van der Waals surface area contributed by atoms with Crippen LogP contribution in [0.4, 0.5) is 0 Å². The maximum Gasteiger partial charge on any atom is 0.325 e. The van der Waals surface area contributed by atoms with Crippen LogP contribution in [-0.2, 0) is 24.0 Å². The van der Waals surface area contributed by atoms with E-state index in [-0.39, 0.29) is 6.42 Å². The largest absolute Gasteiger partial charge is 0.480 e. The van der Waals surface area contributed by atoms with Crippen LogP contribution in [0.25, 0.3) is 0 Å². The molecule has 0 heterocycles. The molecule has 0 aliphatic rings. The lowest BCUT2D eigenvalue weighted by molar-refractivity contribution is -0.141. The first-order chi connectivity index (χ1) is 10.5. The molecule has 23 heavy (non-hydrogen) atoms. The maximum atomic E-state index is 11.7. The maximum absolute atomic E-state index is 11.7. The van der Waals surface area contributed by atoms with Gasteiger partial charge in [0.25, 0.3) is 0 Å². The van der Waals surface area contributed by atoms with Crippen LogP contribution < -0.4 is 27.4 Å². The Morgan fingerprint density at radius 3 is 2.04 bits per heavy atom. The van der Waals surface area contributed by atoms with Gasteiger partial charge >= 0.3 is 5.97 Å². The Morgan fingerprint density at radius 2 is 1.57 bits per heavy atom. The number of carbonyl (C=O) groups is 5. The van der Waals surface area contributed by atoms with Crippen molar-refractivity contribution in [3.05, 3.63) is 0 Å². The average molecular weight is 331 g/mol. The summed E-state index contributed by atoms with van der Waals surface area (Å²) in [5.41, 5.74) is 10.3. The molecule has 0 bridgehead atoms. The first-order valence-electron chi connectivity index (χ1n) is 6.68. The molecule has 0 saturated carbocycles. The van der Waals surface area contributed by atoms with E-state index in [0.29, 0.717) is 0 Å². The molecule has 0 aromatic rings. The topological polar surface area (TPSA) is 194 Å². The monoisotopic (exact) mass is 331 g/mol. The van der Waals surface area contributed by atoms with E-state index in [9.17, 15) is 24.0 Å². The molecule has 0 aliphatic heterocycles. The van der Waals surface area contributed by atoms with Crippen LogP contribution in [0.1, 0.15) is 20.3 Å². The number of hydrogen-bond acceptors (Lipinski definition) is 6. The lowest BCUT2D eigenvalue weighted by Gasteiger charge is -2.17. The lowest BCUT2D eigenvalue weighted by Crippen LogP contribution is -2.52. The summed E-state index contributed by atoms with van der Waals surface area (Å²) < 4.78 is 0. The second kappa shape index (κ2) is 9.35. The van der Waals surface area contributed by atoms with Crippen molar-refractivity contribution in [2.45, 2.75) is 38.4 Å². The zero-order valence-electron chi connectivity index (χ0n) is 12.8. The minimum absolute atomic E-state index is 0.365. The van der Waals surface area contributed by atoms with E-state index < -0.39 is 54.3 Å². The first kappa shape index (κ1) is 20.3. The number of carbonyl (C=O) groups excluding carboxylic acids is 4. The first-order valence-corrected chi connectivity index (χ1v) is 6.68. The van der Waals surface area contributed by atoms with Gasteiger partial charge in [-0.15, -0.1) is 0 Å². The van der Waals surface area contributed by atoms with Crippen LogP contribution >= 0.6 is 0 Å². The van der Waals surface area contributed by atoms with Crippen molar-refractivity contribution >= 4 is 29.6 Å². The van der Waals surface area contributed by atoms with E-state index in [1.807, 2.05) is 0 Å². The summed E-state index contributed by atoms with van der Waals surface area (Å²) >= 11 is 0. The minimum atomic E-state index is -1.21. The molecule has 11 heteroatoms. The molecular weight excluding hydrogens is 310 g/mol. The van der Waals surface area contributed by atoms with Crippen LogP contribution in [0.5, 0.6) is 0 Å². The Bertz CT molecular complexity index is 494. The molecule has 0 fully saturated rings. The zero-order valence-corrected chi connectivity index (χ0v) is 12.8. The quantitative estimate of drug-likeness (QED) is 0.251. The van der Waals surface area contributed by atoms with Crippen LogP contribution in [-0.4, -0.2) is 59.4 Å². The molecule has 0 aliphatic carbocycles. The fourth-order valence-corrected chi connectivity index (χ4v) is 1.37. The molecule has 0 aromatic carbocycles. The summed E-state index contributed by atoms with van der Waals surface area (Å²) in [5, 5.41) is 15.2. The molecule has 0 unspecified atom stereocenters. The third-order valence-corrected chi connectivity index (χ3v) is 2.68. The molecule has 3 atom stereocenters. The highest BCUT2D eigenvalue weighted by molar-refractivity contribution is 5.93. The van der Waals surface area contributed by atoms with Gasteiger partial charge in [0.1, 0.15) is 12.1 Å². The minimum Gasteiger partial charge on any atom is -0.480 e. The predicted molar refractivity (Wildman–Crippen MR) is 77.6 cm³/mol. The zero-order chi connectivity index (χ0) is 18.2. The van der Waals surface area contributed by atoms with Crippen LogP contribution in [0.2, 0.25) is 0 Å². The van der Waals surface area contributed by atoms with Gasteiger partial charge in [-0.2, -0.15) is 0 Å². The Labute approximate surface area is 132 Å². The van der Waals surface area contributed by atoms with E-state index in [2.05, 4.69) is 16.0 Å².